The van der Waals surface area contributed by atoms with Gasteiger partial charge in [0.25, 0.3) is 0 Å². The highest BCUT2D eigenvalue weighted by Gasteiger charge is 2.29. The van der Waals surface area contributed by atoms with Gasteiger partial charge in [-0.3, -0.25) is 0 Å². The number of cyclic esters (lactones) is 1. The first kappa shape index (κ1) is 5.96. The molecule has 1 saturated heterocycles. The summed E-state index contributed by atoms with van der Waals surface area (Å²) in [6.45, 7) is 0.626. The number of fused-ring (bicyclic) bond motifs is 1. The van der Waals surface area contributed by atoms with Crippen LogP contribution < -0.4 is 0 Å². The molecule has 0 amide bonds. The van der Waals surface area contributed by atoms with E-state index in [0.29, 0.717) is 12.5 Å². The Labute approximate surface area is 59.9 Å². The van der Waals surface area contributed by atoms with E-state index < -0.39 is 0 Å². The van der Waals surface area contributed by atoms with Crippen LogP contribution >= 0.6 is 0 Å². The van der Waals surface area contributed by atoms with Gasteiger partial charge < -0.3 is 4.74 Å². The van der Waals surface area contributed by atoms with Crippen molar-refractivity contribution in [2.24, 2.45) is 5.92 Å². The maximum atomic E-state index is 11.0. The summed E-state index contributed by atoms with van der Waals surface area (Å²) >= 11 is 0. The molecule has 2 heteroatoms. The van der Waals surface area contributed by atoms with Crippen molar-refractivity contribution < 1.29 is 9.53 Å². The van der Waals surface area contributed by atoms with Crippen LogP contribution in [0.4, 0.5) is 0 Å². The predicted molar refractivity (Wildman–Crippen MR) is 36.4 cm³/mol. The van der Waals surface area contributed by atoms with Crippen LogP contribution in [0.2, 0.25) is 0 Å². The van der Waals surface area contributed by atoms with Gasteiger partial charge in [-0.25, -0.2) is 4.79 Å². The highest BCUT2D eigenvalue weighted by molar-refractivity contribution is 5.90. The van der Waals surface area contributed by atoms with Crippen molar-refractivity contribution in [2.45, 2.75) is 19.3 Å². The van der Waals surface area contributed by atoms with Gasteiger partial charge in [0.15, 0.2) is 0 Å². The molecule has 54 valence electrons. The van der Waals surface area contributed by atoms with Crippen molar-refractivity contribution in [1.29, 1.82) is 0 Å². The van der Waals surface area contributed by atoms with Gasteiger partial charge in [0.05, 0.1) is 6.61 Å². The molecule has 0 aromatic rings. The monoisotopic (exact) mass is 138 g/mol. The molecule has 0 radical (unpaired) electrons. The molecule has 0 aromatic carbocycles. The number of carbonyl (C=O) groups is 1. The molecule has 0 bridgehead atoms. The summed E-state index contributed by atoms with van der Waals surface area (Å²) < 4.78 is 4.88. The van der Waals surface area contributed by atoms with Gasteiger partial charge in [-0.15, -0.1) is 0 Å². The van der Waals surface area contributed by atoms with E-state index in [1.807, 2.05) is 6.08 Å². The molecule has 2 rings (SSSR count). The minimum atomic E-state index is -0.0752. The van der Waals surface area contributed by atoms with Crippen molar-refractivity contribution in [3.8, 4) is 0 Å². The lowest BCUT2D eigenvalue weighted by Gasteiger charge is -2.19. The van der Waals surface area contributed by atoms with E-state index in [0.717, 1.165) is 24.8 Å². The normalized spacial score (nSPS) is 31.0. The van der Waals surface area contributed by atoms with E-state index in [1.165, 1.54) is 0 Å². The molecule has 1 heterocycles. The SMILES string of the molecule is O=C1OCC[C@H]2CCC=C12. The van der Waals surface area contributed by atoms with Crippen LogP contribution in [0.1, 0.15) is 19.3 Å². The largest absolute Gasteiger partial charge is 0.462 e. The Morgan fingerprint density at radius 1 is 1.50 bits per heavy atom. The number of hydrogen-bond acceptors (Lipinski definition) is 2. The molecule has 1 atom stereocenters. The number of rotatable bonds is 0. The summed E-state index contributed by atoms with van der Waals surface area (Å²) in [5, 5.41) is 0. The summed E-state index contributed by atoms with van der Waals surface area (Å²) in [6, 6.07) is 0. The van der Waals surface area contributed by atoms with Crippen LogP contribution in [0.5, 0.6) is 0 Å². The summed E-state index contributed by atoms with van der Waals surface area (Å²) in [5.41, 5.74) is 0.936. The average molecular weight is 138 g/mol. The molecule has 2 aliphatic rings. The fraction of sp³-hybridized carbons (Fsp3) is 0.625. The lowest BCUT2D eigenvalue weighted by Crippen LogP contribution is -2.21. The zero-order valence-corrected chi connectivity index (χ0v) is 5.80. The molecule has 1 aliphatic carbocycles. The molecule has 1 aliphatic heterocycles. The van der Waals surface area contributed by atoms with E-state index in [9.17, 15) is 4.79 Å². The van der Waals surface area contributed by atoms with Crippen LogP contribution in [0.15, 0.2) is 11.6 Å². The van der Waals surface area contributed by atoms with Gasteiger partial charge in [0.2, 0.25) is 0 Å². The quantitative estimate of drug-likeness (QED) is 0.471. The van der Waals surface area contributed by atoms with Gasteiger partial charge in [-0.1, -0.05) is 6.08 Å². The number of allylic oxidation sites excluding steroid dienone is 1. The summed E-state index contributed by atoms with van der Waals surface area (Å²) in [7, 11) is 0. The Kier molecular flexibility index (Phi) is 1.26. The second-order valence-electron chi connectivity index (χ2n) is 2.86. The minimum Gasteiger partial charge on any atom is -0.462 e. The van der Waals surface area contributed by atoms with Crippen molar-refractivity contribution in [3.63, 3.8) is 0 Å². The number of carbonyl (C=O) groups excluding carboxylic acids is 1. The summed E-state index contributed by atoms with van der Waals surface area (Å²) in [6.07, 6.45) is 5.28. The maximum Gasteiger partial charge on any atom is 0.333 e. The average Bonchev–Trinajstić information content (AvgIpc) is 2.36. The Morgan fingerprint density at radius 3 is 3.20 bits per heavy atom. The third kappa shape index (κ3) is 0.753. The smallest absolute Gasteiger partial charge is 0.333 e. The Morgan fingerprint density at radius 2 is 2.40 bits per heavy atom. The first-order valence-electron chi connectivity index (χ1n) is 3.75. The number of ether oxygens (including phenoxy) is 1. The van der Waals surface area contributed by atoms with E-state index in [1.54, 1.807) is 0 Å². The van der Waals surface area contributed by atoms with Crippen molar-refractivity contribution in [2.75, 3.05) is 6.61 Å². The van der Waals surface area contributed by atoms with Gasteiger partial charge in [0, 0.05) is 5.57 Å². The Hall–Kier alpha value is -0.790. The van der Waals surface area contributed by atoms with E-state index in [-0.39, 0.29) is 5.97 Å². The van der Waals surface area contributed by atoms with E-state index >= 15 is 0 Å². The molecular formula is C8H10O2. The standard InChI is InChI=1S/C8H10O2/c9-8-7-3-1-2-6(7)4-5-10-8/h3,6H,1-2,4-5H2/t6-/m1/s1. The number of esters is 1. The van der Waals surface area contributed by atoms with Gasteiger partial charge >= 0.3 is 5.97 Å². The molecule has 0 spiro atoms. The number of hydrogen-bond donors (Lipinski definition) is 0. The molecule has 2 nitrogen and oxygen atoms in total. The fourth-order valence-electron chi connectivity index (χ4n) is 1.69. The first-order chi connectivity index (χ1) is 4.88. The molecule has 1 fully saturated rings. The van der Waals surface area contributed by atoms with E-state index in [4.69, 9.17) is 4.74 Å². The van der Waals surface area contributed by atoms with Crippen LogP contribution in [0.3, 0.4) is 0 Å². The third-order valence-corrected chi connectivity index (χ3v) is 2.25. The minimum absolute atomic E-state index is 0.0752. The highest BCUT2D eigenvalue weighted by atomic mass is 16.5. The zero-order valence-electron chi connectivity index (χ0n) is 5.80. The van der Waals surface area contributed by atoms with Gasteiger partial charge in [-0.05, 0) is 25.2 Å². The van der Waals surface area contributed by atoms with Gasteiger partial charge in [-0.2, -0.15) is 0 Å². The maximum absolute atomic E-state index is 11.0. The molecule has 0 N–H and O–H groups in total. The predicted octanol–water partition coefficient (Wildman–Crippen LogP) is 1.27. The van der Waals surface area contributed by atoms with Gasteiger partial charge in [0.1, 0.15) is 0 Å². The lowest BCUT2D eigenvalue weighted by molar-refractivity contribution is -0.142. The van der Waals surface area contributed by atoms with Crippen molar-refractivity contribution in [3.05, 3.63) is 11.6 Å². The second kappa shape index (κ2) is 2.11. The van der Waals surface area contributed by atoms with Crippen LogP contribution in [-0.2, 0) is 9.53 Å². The molecule has 0 aromatic heterocycles. The zero-order chi connectivity index (χ0) is 6.97. The molecule has 0 saturated carbocycles. The lowest BCUT2D eigenvalue weighted by atomic mass is 9.96. The first-order valence-corrected chi connectivity index (χ1v) is 3.75. The third-order valence-electron chi connectivity index (χ3n) is 2.25. The summed E-state index contributed by atoms with van der Waals surface area (Å²) in [4.78, 5) is 11.0. The van der Waals surface area contributed by atoms with Crippen LogP contribution in [0, 0.1) is 5.92 Å². The van der Waals surface area contributed by atoms with Crippen molar-refractivity contribution in [1.82, 2.24) is 0 Å². The fourth-order valence-corrected chi connectivity index (χ4v) is 1.69. The molecular weight excluding hydrogens is 128 g/mol. The van der Waals surface area contributed by atoms with Crippen LogP contribution in [-0.4, -0.2) is 12.6 Å². The Bertz CT molecular complexity index is 193. The molecule has 0 unspecified atom stereocenters. The molecule has 10 heavy (non-hydrogen) atoms. The van der Waals surface area contributed by atoms with Crippen molar-refractivity contribution >= 4 is 5.97 Å². The van der Waals surface area contributed by atoms with E-state index in [2.05, 4.69) is 0 Å². The second-order valence-corrected chi connectivity index (χ2v) is 2.86. The topological polar surface area (TPSA) is 26.3 Å². The summed E-state index contributed by atoms with van der Waals surface area (Å²) in [5.74, 6) is 0.454. The highest BCUT2D eigenvalue weighted by Crippen LogP contribution is 2.32. The Balaban J connectivity index is 2.22. The van der Waals surface area contributed by atoms with Crippen LogP contribution in [0.25, 0.3) is 0 Å².